The first kappa shape index (κ1) is 16.6. The van der Waals surface area contributed by atoms with Crippen molar-refractivity contribution >= 4 is 20.9 Å². The van der Waals surface area contributed by atoms with Crippen molar-refractivity contribution in [1.82, 2.24) is 19.3 Å². The first-order valence-corrected chi connectivity index (χ1v) is 9.62. The Bertz CT molecular complexity index is 1160. The van der Waals surface area contributed by atoms with Gasteiger partial charge in [0, 0.05) is 42.2 Å². The second kappa shape index (κ2) is 6.44. The molecule has 4 aromatic rings. The van der Waals surface area contributed by atoms with Gasteiger partial charge < -0.3 is 10.3 Å². The number of benzene rings is 1. The lowest BCUT2D eigenvalue weighted by Gasteiger charge is -2.10. The lowest BCUT2D eigenvalue weighted by atomic mass is 10.1. The van der Waals surface area contributed by atoms with Crippen LogP contribution in [0.5, 0.6) is 0 Å². The minimum Gasteiger partial charge on any atom is -0.361 e. The lowest BCUT2D eigenvalue weighted by Crippen LogP contribution is -2.13. The van der Waals surface area contributed by atoms with Crippen molar-refractivity contribution in [2.24, 2.45) is 0 Å². The predicted molar refractivity (Wildman–Crippen MR) is 101 cm³/mol. The van der Waals surface area contributed by atoms with E-state index in [9.17, 15) is 8.42 Å². The molecule has 0 atom stereocenters. The van der Waals surface area contributed by atoms with Gasteiger partial charge in [0.1, 0.15) is 4.90 Å². The van der Waals surface area contributed by atoms with Crippen LogP contribution in [0.3, 0.4) is 0 Å². The van der Waals surface area contributed by atoms with Gasteiger partial charge in [0.2, 0.25) is 0 Å². The van der Waals surface area contributed by atoms with Crippen molar-refractivity contribution < 1.29 is 8.42 Å². The summed E-state index contributed by atoms with van der Waals surface area (Å²) in [7, 11) is -1.90. The van der Waals surface area contributed by atoms with E-state index in [0.717, 1.165) is 22.0 Å². The van der Waals surface area contributed by atoms with Gasteiger partial charge in [-0.3, -0.25) is 4.98 Å². The first-order chi connectivity index (χ1) is 12.6. The quantitative estimate of drug-likeness (QED) is 0.569. The summed E-state index contributed by atoms with van der Waals surface area (Å²) in [4.78, 5) is 7.26. The summed E-state index contributed by atoms with van der Waals surface area (Å²) in [6.07, 6.45) is 6.45. The summed E-state index contributed by atoms with van der Waals surface area (Å²) in [6.45, 7) is 0.578. The number of nitrogens with one attached hydrogen (secondary N) is 2. The van der Waals surface area contributed by atoms with Crippen LogP contribution >= 0.6 is 0 Å². The fraction of sp³-hybridized carbons (Fsp3) is 0.105. The third-order valence-corrected chi connectivity index (χ3v) is 5.92. The van der Waals surface area contributed by atoms with Gasteiger partial charge in [0.05, 0.1) is 5.69 Å². The monoisotopic (exact) mass is 366 g/mol. The van der Waals surface area contributed by atoms with E-state index in [4.69, 9.17) is 0 Å². The molecule has 0 amide bonds. The molecule has 26 heavy (non-hydrogen) atoms. The molecule has 4 rings (SSSR count). The summed E-state index contributed by atoms with van der Waals surface area (Å²) in [6, 6.07) is 12.9. The van der Waals surface area contributed by atoms with Crippen molar-refractivity contribution in [3.05, 3.63) is 72.8 Å². The SMILES string of the molecule is CNCc1cc(-c2ccc3[nH]ccc3c2)n(S(=O)(=O)c2cccnc2)c1. The molecule has 0 fully saturated rings. The molecule has 2 N–H and O–H groups in total. The number of aromatic amines is 1. The fourth-order valence-corrected chi connectivity index (χ4v) is 4.40. The Morgan fingerprint density at radius 1 is 1.19 bits per heavy atom. The Morgan fingerprint density at radius 3 is 2.85 bits per heavy atom. The van der Waals surface area contributed by atoms with E-state index in [1.807, 2.05) is 43.6 Å². The Hall–Kier alpha value is -2.90. The van der Waals surface area contributed by atoms with Crippen LogP contribution in [0, 0.1) is 0 Å². The van der Waals surface area contributed by atoms with Crippen LogP contribution in [-0.2, 0) is 16.6 Å². The van der Waals surface area contributed by atoms with Crippen LogP contribution in [0.4, 0.5) is 0 Å². The fourth-order valence-electron chi connectivity index (χ4n) is 3.03. The van der Waals surface area contributed by atoms with Crippen LogP contribution in [0.15, 0.2) is 72.1 Å². The van der Waals surface area contributed by atoms with Crippen LogP contribution in [0.1, 0.15) is 5.56 Å². The number of nitrogens with zero attached hydrogens (tertiary/aromatic N) is 2. The number of fused-ring (bicyclic) bond motifs is 1. The largest absolute Gasteiger partial charge is 0.361 e. The van der Waals surface area contributed by atoms with Gasteiger partial charge in [-0.1, -0.05) is 6.07 Å². The van der Waals surface area contributed by atoms with Crippen molar-refractivity contribution in [3.63, 3.8) is 0 Å². The van der Waals surface area contributed by atoms with Crippen molar-refractivity contribution in [2.45, 2.75) is 11.4 Å². The average Bonchev–Trinajstić information content (AvgIpc) is 3.29. The smallest absolute Gasteiger partial charge is 0.269 e. The molecule has 0 aliphatic heterocycles. The molecule has 0 radical (unpaired) electrons. The molecular formula is C19H18N4O2S. The molecule has 0 aliphatic carbocycles. The topological polar surface area (TPSA) is 79.8 Å². The van der Waals surface area contributed by atoms with Crippen molar-refractivity contribution in [1.29, 1.82) is 0 Å². The third-order valence-electron chi connectivity index (χ3n) is 4.26. The van der Waals surface area contributed by atoms with Crippen LogP contribution < -0.4 is 5.32 Å². The number of rotatable bonds is 5. The van der Waals surface area contributed by atoms with Gasteiger partial charge >= 0.3 is 0 Å². The zero-order valence-corrected chi connectivity index (χ0v) is 15.0. The molecule has 1 aromatic carbocycles. The Morgan fingerprint density at radius 2 is 2.08 bits per heavy atom. The molecule has 132 valence electrons. The third kappa shape index (κ3) is 2.81. The first-order valence-electron chi connectivity index (χ1n) is 8.18. The predicted octanol–water partition coefficient (Wildman–Crippen LogP) is 2.99. The van der Waals surface area contributed by atoms with Gasteiger partial charge in [0.15, 0.2) is 0 Å². The van der Waals surface area contributed by atoms with E-state index < -0.39 is 10.0 Å². The maximum absolute atomic E-state index is 13.2. The van der Waals surface area contributed by atoms with Gasteiger partial charge in [-0.25, -0.2) is 12.4 Å². The Balaban J connectivity index is 1.91. The summed E-state index contributed by atoms with van der Waals surface area (Å²) in [5.41, 5.74) is 3.37. The summed E-state index contributed by atoms with van der Waals surface area (Å²) < 4.78 is 27.6. The molecule has 0 saturated heterocycles. The molecule has 3 aromatic heterocycles. The van der Waals surface area contributed by atoms with Gasteiger partial charge in [-0.15, -0.1) is 0 Å². The van der Waals surface area contributed by atoms with E-state index in [0.29, 0.717) is 12.2 Å². The number of hydrogen-bond donors (Lipinski definition) is 2. The minimum absolute atomic E-state index is 0.163. The van der Waals surface area contributed by atoms with Crippen LogP contribution in [0.2, 0.25) is 0 Å². The van der Waals surface area contributed by atoms with E-state index in [1.54, 1.807) is 24.5 Å². The maximum atomic E-state index is 13.2. The highest BCUT2D eigenvalue weighted by Gasteiger charge is 2.22. The summed E-state index contributed by atoms with van der Waals surface area (Å²) in [5.74, 6) is 0. The molecule has 0 saturated carbocycles. The van der Waals surface area contributed by atoms with Gasteiger partial charge in [-0.05, 0) is 54.6 Å². The molecule has 0 unspecified atom stereocenters. The van der Waals surface area contributed by atoms with Crippen LogP contribution in [0.25, 0.3) is 22.2 Å². The Labute approximate surface area is 151 Å². The number of pyridine rings is 1. The van der Waals surface area contributed by atoms with Crippen LogP contribution in [-0.4, -0.2) is 29.4 Å². The molecule has 0 aliphatic rings. The van der Waals surface area contributed by atoms with Crippen molar-refractivity contribution in [2.75, 3.05) is 7.05 Å². The average molecular weight is 366 g/mol. The number of hydrogen-bond acceptors (Lipinski definition) is 4. The number of H-pyrrole nitrogens is 1. The number of aromatic nitrogens is 3. The molecule has 3 heterocycles. The second-order valence-electron chi connectivity index (χ2n) is 6.03. The standard InChI is InChI=1S/C19H18N4O2S/c1-20-11-14-9-19(16-4-5-18-15(10-16)6-8-22-18)23(13-14)26(24,25)17-3-2-7-21-12-17/h2-10,12-13,20,22H,11H2,1H3. The van der Waals surface area contributed by atoms with E-state index in [2.05, 4.69) is 15.3 Å². The van der Waals surface area contributed by atoms with E-state index in [1.165, 1.54) is 10.2 Å². The zero-order valence-electron chi connectivity index (χ0n) is 14.2. The summed E-state index contributed by atoms with van der Waals surface area (Å²) >= 11 is 0. The second-order valence-corrected chi connectivity index (χ2v) is 7.85. The Kier molecular flexibility index (Phi) is 4.10. The van der Waals surface area contributed by atoms with Gasteiger partial charge in [-0.2, -0.15) is 0 Å². The molecule has 0 spiro atoms. The van der Waals surface area contributed by atoms with Gasteiger partial charge in [0.25, 0.3) is 10.0 Å². The summed E-state index contributed by atoms with van der Waals surface area (Å²) in [5, 5.41) is 4.10. The van der Waals surface area contributed by atoms with E-state index >= 15 is 0 Å². The molecule has 6 nitrogen and oxygen atoms in total. The molecular weight excluding hydrogens is 348 g/mol. The van der Waals surface area contributed by atoms with Crippen molar-refractivity contribution in [3.8, 4) is 11.3 Å². The highest BCUT2D eigenvalue weighted by molar-refractivity contribution is 7.90. The normalized spacial score (nSPS) is 11.9. The zero-order chi connectivity index (χ0) is 18.1. The van der Waals surface area contributed by atoms with E-state index in [-0.39, 0.29) is 4.90 Å². The maximum Gasteiger partial charge on any atom is 0.269 e. The molecule has 7 heteroatoms. The highest BCUT2D eigenvalue weighted by Crippen LogP contribution is 2.29. The minimum atomic E-state index is -3.74. The highest BCUT2D eigenvalue weighted by atomic mass is 32.2. The molecule has 0 bridgehead atoms. The lowest BCUT2D eigenvalue weighted by molar-refractivity contribution is 0.587.